The Balaban J connectivity index is 1.92. The van der Waals surface area contributed by atoms with Gasteiger partial charge in [0.05, 0.1) is 10.7 Å². The van der Waals surface area contributed by atoms with Crippen molar-refractivity contribution >= 4 is 11.3 Å². The summed E-state index contributed by atoms with van der Waals surface area (Å²) >= 11 is 1.86. The van der Waals surface area contributed by atoms with Crippen LogP contribution in [0.25, 0.3) is 0 Å². The Morgan fingerprint density at radius 2 is 2.29 bits per heavy atom. The van der Waals surface area contributed by atoms with Crippen LogP contribution in [-0.4, -0.2) is 11.0 Å². The zero-order valence-corrected chi connectivity index (χ0v) is 12.0. The van der Waals surface area contributed by atoms with Crippen molar-refractivity contribution in [3.8, 4) is 0 Å². The first-order valence-corrected chi connectivity index (χ1v) is 7.70. The van der Waals surface area contributed by atoms with Gasteiger partial charge in [-0.25, -0.2) is 4.98 Å². The summed E-state index contributed by atoms with van der Waals surface area (Å²) in [6, 6.07) is 0.537. The first-order chi connectivity index (χ1) is 8.15. The Labute approximate surface area is 109 Å². The van der Waals surface area contributed by atoms with Crippen LogP contribution in [0.1, 0.15) is 63.1 Å². The summed E-state index contributed by atoms with van der Waals surface area (Å²) in [4.78, 5) is 4.80. The predicted molar refractivity (Wildman–Crippen MR) is 74.5 cm³/mol. The molecule has 1 heterocycles. The van der Waals surface area contributed by atoms with E-state index in [0.717, 1.165) is 18.4 Å². The predicted octanol–water partition coefficient (Wildman–Crippen LogP) is 3.93. The average Bonchev–Trinajstić information content (AvgIpc) is 2.75. The van der Waals surface area contributed by atoms with Crippen LogP contribution in [0.5, 0.6) is 0 Å². The van der Waals surface area contributed by atoms with Gasteiger partial charge < -0.3 is 5.32 Å². The molecule has 0 spiro atoms. The minimum absolute atomic E-state index is 0.537. The van der Waals surface area contributed by atoms with Gasteiger partial charge in [0, 0.05) is 23.9 Å². The number of aromatic nitrogens is 1. The molecule has 0 saturated heterocycles. The molecule has 0 bridgehead atoms. The van der Waals surface area contributed by atoms with E-state index in [0.29, 0.717) is 6.04 Å². The van der Waals surface area contributed by atoms with E-state index in [-0.39, 0.29) is 0 Å². The zero-order chi connectivity index (χ0) is 12.3. The molecule has 17 heavy (non-hydrogen) atoms. The number of thiazole rings is 1. The van der Waals surface area contributed by atoms with Gasteiger partial charge in [-0.2, -0.15) is 0 Å². The lowest BCUT2D eigenvalue weighted by Gasteiger charge is -2.24. The number of hydrogen-bond acceptors (Lipinski definition) is 3. The molecule has 2 nitrogen and oxygen atoms in total. The molecule has 0 aliphatic heterocycles. The van der Waals surface area contributed by atoms with Gasteiger partial charge in [-0.05, 0) is 18.8 Å². The van der Waals surface area contributed by atoms with E-state index >= 15 is 0 Å². The van der Waals surface area contributed by atoms with Gasteiger partial charge in [0.1, 0.15) is 0 Å². The fourth-order valence-electron chi connectivity index (χ4n) is 2.56. The number of rotatable bonds is 4. The number of hydrogen-bond donors (Lipinski definition) is 1. The lowest BCUT2D eigenvalue weighted by Crippen LogP contribution is -2.22. The monoisotopic (exact) mass is 252 g/mol. The maximum atomic E-state index is 4.80. The molecule has 1 fully saturated rings. The van der Waals surface area contributed by atoms with Gasteiger partial charge in [0.25, 0.3) is 0 Å². The first-order valence-electron chi connectivity index (χ1n) is 6.83. The first kappa shape index (κ1) is 13.0. The molecule has 2 atom stereocenters. The van der Waals surface area contributed by atoms with Crippen LogP contribution in [-0.2, 0) is 6.54 Å². The number of nitrogens with one attached hydrogen (secondary N) is 1. The summed E-state index contributed by atoms with van der Waals surface area (Å²) in [5.74, 6) is 1.62. The summed E-state index contributed by atoms with van der Waals surface area (Å²) in [7, 11) is 0. The number of nitrogens with zero attached hydrogens (tertiary/aromatic N) is 1. The van der Waals surface area contributed by atoms with Gasteiger partial charge >= 0.3 is 0 Å². The van der Waals surface area contributed by atoms with Crippen LogP contribution in [0, 0.1) is 5.92 Å². The Hall–Kier alpha value is -0.410. The van der Waals surface area contributed by atoms with Crippen molar-refractivity contribution in [1.29, 1.82) is 0 Å². The van der Waals surface area contributed by atoms with E-state index < -0.39 is 0 Å². The Morgan fingerprint density at radius 3 is 3.00 bits per heavy atom. The van der Waals surface area contributed by atoms with Crippen LogP contribution >= 0.6 is 11.3 Å². The largest absolute Gasteiger partial charge is 0.309 e. The molecule has 3 heteroatoms. The normalized spacial score (nSPS) is 25.4. The molecule has 2 rings (SSSR count). The maximum Gasteiger partial charge on any atom is 0.0959 e. The molecular weight excluding hydrogens is 228 g/mol. The van der Waals surface area contributed by atoms with Crippen LogP contribution in [0.4, 0.5) is 0 Å². The lowest BCUT2D eigenvalue weighted by atomic mass is 9.83. The van der Waals surface area contributed by atoms with E-state index in [9.17, 15) is 0 Å². The average molecular weight is 252 g/mol. The second-order valence-electron chi connectivity index (χ2n) is 5.68. The molecule has 0 aromatic carbocycles. The second kappa shape index (κ2) is 5.96. The minimum atomic E-state index is 0.537. The molecule has 1 N–H and O–H groups in total. The minimum Gasteiger partial charge on any atom is -0.309 e. The third-order valence-corrected chi connectivity index (χ3v) is 4.60. The maximum absolute atomic E-state index is 4.80. The molecular formula is C14H24N2S. The van der Waals surface area contributed by atoms with E-state index in [1.807, 2.05) is 11.3 Å². The van der Waals surface area contributed by atoms with Crippen molar-refractivity contribution in [3.05, 3.63) is 16.1 Å². The highest BCUT2D eigenvalue weighted by Crippen LogP contribution is 2.37. The summed E-state index contributed by atoms with van der Waals surface area (Å²) in [5.41, 5.74) is 1.22. The highest BCUT2D eigenvalue weighted by atomic mass is 32.1. The summed E-state index contributed by atoms with van der Waals surface area (Å²) in [6.45, 7) is 7.64. The Bertz CT molecular complexity index is 346. The molecule has 96 valence electrons. The van der Waals surface area contributed by atoms with E-state index in [2.05, 4.69) is 31.5 Å². The summed E-state index contributed by atoms with van der Waals surface area (Å²) < 4.78 is 0. The van der Waals surface area contributed by atoms with Gasteiger partial charge in [-0.15, -0.1) is 11.3 Å². The quantitative estimate of drug-likeness (QED) is 0.878. The van der Waals surface area contributed by atoms with Crippen LogP contribution in [0.2, 0.25) is 0 Å². The standard InChI is InChI=1S/C14H24N2S/c1-10(2)15-8-13-9-17-14(16-13)12-6-4-5-11(3)7-12/h9-12,15H,4-8H2,1-3H3. The summed E-state index contributed by atoms with van der Waals surface area (Å²) in [5, 5.41) is 7.03. The van der Waals surface area contributed by atoms with Crippen molar-refractivity contribution < 1.29 is 0 Å². The molecule has 0 radical (unpaired) electrons. The van der Waals surface area contributed by atoms with Crippen LogP contribution < -0.4 is 5.32 Å². The van der Waals surface area contributed by atoms with E-state index in [1.165, 1.54) is 36.4 Å². The van der Waals surface area contributed by atoms with Crippen molar-refractivity contribution in [2.75, 3.05) is 0 Å². The second-order valence-corrected chi connectivity index (χ2v) is 6.57. The SMILES string of the molecule is CC1CCCC(c2nc(CNC(C)C)cs2)C1. The fourth-order valence-corrected chi connectivity index (χ4v) is 3.53. The molecule has 1 aliphatic rings. The molecule has 1 aromatic rings. The smallest absolute Gasteiger partial charge is 0.0959 e. The molecule has 0 amide bonds. The van der Waals surface area contributed by atoms with E-state index in [1.54, 1.807) is 0 Å². The third kappa shape index (κ3) is 3.78. The fraction of sp³-hybridized carbons (Fsp3) is 0.786. The lowest BCUT2D eigenvalue weighted by molar-refractivity contribution is 0.343. The van der Waals surface area contributed by atoms with Crippen molar-refractivity contribution in [3.63, 3.8) is 0 Å². The zero-order valence-electron chi connectivity index (χ0n) is 11.2. The van der Waals surface area contributed by atoms with Crippen LogP contribution in [0.3, 0.4) is 0 Å². The Kier molecular flexibility index (Phi) is 4.57. The van der Waals surface area contributed by atoms with Crippen molar-refractivity contribution in [2.45, 2.75) is 65.0 Å². The van der Waals surface area contributed by atoms with Gasteiger partial charge in [0.2, 0.25) is 0 Å². The highest BCUT2D eigenvalue weighted by molar-refractivity contribution is 7.09. The van der Waals surface area contributed by atoms with Crippen molar-refractivity contribution in [2.24, 2.45) is 5.92 Å². The third-order valence-electron chi connectivity index (χ3n) is 3.55. The topological polar surface area (TPSA) is 24.9 Å². The Morgan fingerprint density at radius 1 is 1.47 bits per heavy atom. The van der Waals surface area contributed by atoms with Crippen molar-refractivity contribution in [1.82, 2.24) is 10.3 Å². The van der Waals surface area contributed by atoms with Crippen LogP contribution in [0.15, 0.2) is 5.38 Å². The molecule has 2 unspecified atom stereocenters. The van der Waals surface area contributed by atoms with Gasteiger partial charge in [-0.3, -0.25) is 0 Å². The molecule has 1 aromatic heterocycles. The summed E-state index contributed by atoms with van der Waals surface area (Å²) in [6.07, 6.45) is 5.47. The van der Waals surface area contributed by atoms with E-state index in [4.69, 9.17) is 4.98 Å². The highest BCUT2D eigenvalue weighted by Gasteiger charge is 2.22. The molecule has 1 aliphatic carbocycles. The van der Waals surface area contributed by atoms with Gasteiger partial charge in [-0.1, -0.05) is 33.6 Å². The molecule has 1 saturated carbocycles. The van der Waals surface area contributed by atoms with Gasteiger partial charge in [0.15, 0.2) is 0 Å².